The minimum atomic E-state index is -0.165. The van der Waals surface area contributed by atoms with Gasteiger partial charge in [0.2, 0.25) is 0 Å². The van der Waals surface area contributed by atoms with Crippen molar-refractivity contribution < 1.29 is 4.79 Å². The van der Waals surface area contributed by atoms with Crippen LogP contribution in [-0.4, -0.2) is 11.0 Å². The highest BCUT2D eigenvalue weighted by molar-refractivity contribution is 7.09. The summed E-state index contributed by atoms with van der Waals surface area (Å²) in [6.07, 6.45) is 3.44. The van der Waals surface area contributed by atoms with Gasteiger partial charge in [-0.15, -0.1) is 11.3 Å². The lowest BCUT2D eigenvalue weighted by Gasteiger charge is -2.06. The van der Waals surface area contributed by atoms with Crippen LogP contribution in [0.4, 0.5) is 4.79 Å². The second-order valence-corrected chi connectivity index (χ2v) is 4.51. The summed E-state index contributed by atoms with van der Waals surface area (Å²) in [6.45, 7) is 1.06. The molecular weight excluding hydrogens is 234 g/mol. The number of pyridine rings is 1. The van der Waals surface area contributed by atoms with E-state index in [1.807, 2.05) is 29.6 Å². The Labute approximate surface area is 104 Å². The maximum absolute atomic E-state index is 11.5. The van der Waals surface area contributed by atoms with Crippen LogP contribution >= 0.6 is 11.3 Å². The number of rotatable bonds is 4. The van der Waals surface area contributed by atoms with Crippen LogP contribution in [0.15, 0.2) is 42.0 Å². The van der Waals surface area contributed by atoms with Crippen LogP contribution in [0.5, 0.6) is 0 Å². The summed E-state index contributed by atoms with van der Waals surface area (Å²) in [6, 6.07) is 7.57. The van der Waals surface area contributed by atoms with E-state index in [-0.39, 0.29) is 6.03 Å². The van der Waals surface area contributed by atoms with Gasteiger partial charge < -0.3 is 10.6 Å². The molecule has 2 rings (SSSR count). The van der Waals surface area contributed by atoms with Crippen molar-refractivity contribution in [3.05, 3.63) is 52.5 Å². The van der Waals surface area contributed by atoms with Crippen molar-refractivity contribution in [3.8, 4) is 0 Å². The van der Waals surface area contributed by atoms with Crippen molar-refractivity contribution in [1.82, 2.24) is 15.6 Å². The number of nitrogens with zero attached hydrogens (tertiary/aromatic N) is 1. The number of aromatic nitrogens is 1. The Morgan fingerprint density at radius 1 is 1.24 bits per heavy atom. The van der Waals surface area contributed by atoms with E-state index in [4.69, 9.17) is 0 Å². The maximum Gasteiger partial charge on any atom is 0.315 e. The van der Waals surface area contributed by atoms with E-state index in [0.717, 1.165) is 10.4 Å². The van der Waals surface area contributed by atoms with Gasteiger partial charge in [0.15, 0.2) is 0 Å². The second-order valence-electron chi connectivity index (χ2n) is 3.48. The van der Waals surface area contributed by atoms with E-state index in [0.29, 0.717) is 13.1 Å². The Bertz CT molecular complexity index is 456. The van der Waals surface area contributed by atoms with Crippen LogP contribution in [0.2, 0.25) is 0 Å². The molecular formula is C12H13N3OS. The monoisotopic (exact) mass is 247 g/mol. The number of carbonyl (C=O) groups excluding carboxylic acids is 1. The van der Waals surface area contributed by atoms with Crippen LogP contribution in [0.1, 0.15) is 10.4 Å². The Hall–Kier alpha value is -1.88. The van der Waals surface area contributed by atoms with Crippen molar-refractivity contribution in [2.24, 2.45) is 0 Å². The number of hydrogen-bond donors (Lipinski definition) is 2. The smallest absolute Gasteiger partial charge is 0.315 e. The van der Waals surface area contributed by atoms with Gasteiger partial charge >= 0.3 is 6.03 Å². The van der Waals surface area contributed by atoms with Crippen molar-refractivity contribution in [3.63, 3.8) is 0 Å². The number of urea groups is 1. The van der Waals surface area contributed by atoms with E-state index >= 15 is 0 Å². The van der Waals surface area contributed by atoms with Gasteiger partial charge in [0.1, 0.15) is 0 Å². The molecule has 0 atom stereocenters. The molecule has 0 saturated carbocycles. The molecule has 0 unspecified atom stereocenters. The molecule has 4 nitrogen and oxygen atoms in total. The number of nitrogens with one attached hydrogen (secondary N) is 2. The molecule has 2 N–H and O–H groups in total. The first-order valence-electron chi connectivity index (χ1n) is 5.27. The number of hydrogen-bond acceptors (Lipinski definition) is 3. The molecule has 2 amide bonds. The van der Waals surface area contributed by atoms with Gasteiger partial charge in [0.05, 0.1) is 6.54 Å². The first-order chi connectivity index (χ1) is 8.34. The van der Waals surface area contributed by atoms with Crippen LogP contribution in [0, 0.1) is 0 Å². The van der Waals surface area contributed by atoms with E-state index in [2.05, 4.69) is 15.6 Å². The number of carbonyl (C=O) groups is 1. The highest BCUT2D eigenvalue weighted by Gasteiger charge is 2.00. The second kappa shape index (κ2) is 6.00. The number of thiophene rings is 1. The standard InChI is InChI=1S/C12H13N3OS/c16-12(15-9-11-4-2-6-17-11)14-8-10-3-1-5-13-7-10/h1-7H,8-9H2,(H2,14,15,16). The summed E-state index contributed by atoms with van der Waals surface area (Å²) in [4.78, 5) is 16.6. The van der Waals surface area contributed by atoms with Crippen molar-refractivity contribution in [2.45, 2.75) is 13.1 Å². The first-order valence-corrected chi connectivity index (χ1v) is 6.15. The molecule has 0 fully saturated rings. The van der Waals surface area contributed by atoms with Crippen molar-refractivity contribution in [2.75, 3.05) is 0 Å². The average Bonchev–Trinajstić information content (AvgIpc) is 2.88. The predicted octanol–water partition coefficient (Wildman–Crippen LogP) is 2.14. The molecule has 0 aliphatic carbocycles. The van der Waals surface area contributed by atoms with Gasteiger partial charge in [-0.3, -0.25) is 4.98 Å². The quantitative estimate of drug-likeness (QED) is 0.869. The van der Waals surface area contributed by atoms with Crippen LogP contribution in [-0.2, 0) is 13.1 Å². The first kappa shape index (κ1) is 11.6. The molecule has 0 bridgehead atoms. The van der Waals surface area contributed by atoms with E-state index in [1.54, 1.807) is 23.7 Å². The third-order valence-corrected chi connectivity index (χ3v) is 3.06. The fraction of sp³-hybridized carbons (Fsp3) is 0.167. The van der Waals surface area contributed by atoms with E-state index in [9.17, 15) is 4.79 Å². The third-order valence-electron chi connectivity index (χ3n) is 2.18. The molecule has 0 spiro atoms. The summed E-state index contributed by atoms with van der Waals surface area (Å²) >= 11 is 1.63. The van der Waals surface area contributed by atoms with Gasteiger partial charge in [-0.1, -0.05) is 12.1 Å². The molecule has 0 aliphatic heterocycles. The molecule has 0 aliphatic rings. The molecule has 0 radical (unpaired) electrons. The van der Waals surface area contributed by atoms with Crippen LogP contribution in [0.25, 0.3) is 0 Å². The molecule has 5 heteroatoms. The minimum absolute atomic E-state index is 0.165. The topological polar surface area (TPSA) is 54.0 Å². The highest BCUT2D eigenvalue weighted by Crippen LogP contribution is 2.07. The van der Waals surface area contributed by atoms with Gasteiger partial charge in [-0.05, 0) is 23.1 Å². The molecule has 2 heterocycles. The van der Waals surface area contributed by atoms with Crippen LogP contribution in [0.3, 0.4) is 0 Å². The Kier molecular flexibility index (Phi) is 4.10. The lowest BCUT2D eigenvalue weighted by Crippen LogP contribution is -2.34. The Morgan fingerprint density at radius 3 is 2.82 bits per heavy atom. The highest BCUT2D eigenvalue weighted by atomic mass is 32.1. The molecule has 17 heavy (non-hydrogen) atoms. The Balaban J connectivity index is 1.71. The predicted molar refractivity (Wildman–Crippen MR) is 67.6 cm³/mol. The van der Waals surface area contributed by atoms with Crippen molar-refractivity contribution >= 4 is 17.4 Å². The van der Waals surface area contributed by atoms with Gasteiger partial charge in [-0.25, -0.2) is 4.79 Å². The summed E-state index contributed by atoms with van der Waals surface area (Å²) in [5.74, 6) is 0. The molecule has 0 saturated heterocycles. The summed E-state index contributed by atoms with van der Waals surface area (Å²) in [5.41, 5.74) is 0.985. The minimum Gasteiger partial charge on any atom is -0.334 e. The molecule has 88 valence electrons. The molecule has 2 aromatic heterocycles. The van der Waals surface area contributed by atoms with Gasteiger partial charge in [-0.2, -0.15) is 0 Å². The maximum atomic E-state index is 11.5. The lowest BCUT2D eigenvalue weighted by atomic mass is 10.3. The van der Waals surface area contributed by atoms with Crippen LogP contribution < -0.4 is 10.6 Å². The van der Waals surface area contributed by atoms with E-state index < -0.39 is 0 Å². The Morgan fingerprint density at radius 2 is 2.12 bits per heavy atom. The summed E-state index contributed by atoms with van der Waals surface area (Å²) in [5, 5.41) is 7.56. The summed E-state index contributed by atoms with van der Waals surface area (Å²) < 4.78 is 0. The third kappa shape index (κ3) is 3.88. The zero-order valence-electron chi connectivity index (χ0n) is 9.22. The SMILES string of the molecule is O=C(NCc1cccnc1)NCc1cccs1. The van der Waals surface area contributed by atoms with Gasteiger partial charge in [0.25, 0.3) is 0 Å². The number of amides is 2. The average molecular weight is 247 g/mol. The normalized spacial score (nSPS) is 9.88. The van der Waals surface area contributed by atoms with E-state index in [1.165, 1.54) is 0 Å². The zero-order valence-corrected chi connectivity index (χ0v) is 10.0. The van der Waals surface area contributed by atoms with Crippen molar-refractivity contribution in [1.29, 1.82) is 0 Å². The summed E-state index contributed by atoms with van der Waals surface area (Å²) in [7, 11) is 0. The molecule has 0 aromatic carbocycles. The fourth-order valence-electron chi connectivity index (χ4n) is 1.33. The lowest BCUT2D eigenvalue weighted by molar-refractivity contribution is 0.240. The fourth-order valence-corrected chi connectivity index (χ4v) is 1.97. The molecule has 2 aromatic rings. The van der Waals surface area contributed by atoms with Gasteiger partial charge in [0, 0.05) is 23.8 Å². The zero-order chi connectivity index (χ0) is 11.9. The largest absolute Gasteiger partial charge is 0.334 e.